The second-order valence-electron chi connectivity index (χ2n) is 3.90. The Balaban J connectivity index is 2.41. The zero-order chi connectivity index (χ0) is 12.7. The molecule has 0 atom stereocenters. The molecule has 1 heterocycles. The van der Waals surface area contributed by atoms with Crippen LogP contribution in [0.3, 0.4) is 0 Å². The van der Waals surface area contributed by atoms with Gasteiger partial charge in [-0.3, -0.25) is 0 Å². The van der Waals surface area contributed by atoms with Gasteiger partial charge in [0.1, 0.15) is 0 Å². The summed E-state index contributed by atoms with van der Waals surface area (Å²) in [7, 11) is -1.51. The number of hydrogen-bond donors (Lipinski definition) is 1. The molecule has 0 fully saturated rings. The van der Waals surface area contributed by atoms with Gasteiger partial charge in [0.2, 0.25) is 10.0 Å². The Bertz CT molecular complexity index is 401. The maximum atomic E-state index is 11.9. The Kier molecular flexibility index (Phi) is 6.11. The van der Waals surface area contributed by atoms with Crippen LogP contribution >= 0.6 is 11.3 Å². The van der Waals surface area contributed by atoms with Crippen LogP contribution in [0.1, 0.15) is 18.2 Å². The molecule has 0 saturated heterocycles. The molecule has 1 rings (SSSR count). The predicted octanol–water partition coefficient (Wildman–Crippen LogP) is 1.51. The second-order valence-corrected chi connectivity index (χ2v) is 7.13. The smallest absolute Gasteiger partial charge is 0.215 e. The normalized spacial score (nSPS) is 12.2. The molecule has 0 aliphatic carbocycles. The van der Waals surface area contributed by atoms with Crippen molar-refractivity contribution in [2.75, 3.05) is 25.9 Å². The first-order chi connectivity index (χ1) is 8.06. The summed E-state index contributed by atoms with van der Waals surface area (Å²) in [4.78, 5) is 1.07. The van der Waals surface area contributed by atoms with Gasteiger partial charge in [-0.2, -0.15) is 4.31 Å². The Morgan fingerprint density at radius 2 is 2.18 bits per heavy atom. The van der Waals surface area contributed by atoms with Crippen LogP contribution in [0, 0.1) is 0 Å². The minimum atomic E-state index is -3.14. The van der Waals surface area contributed by atoms with Gasteiger partial charge in [-0.1, -0.05) is 13.0 Å². The topological polar surface area (TPSA) is 49.4 Å². The zero-order valence-electron chi connectivity index (χ0n) is 10.3. The van der Waals surface area contributed by atoms with E-state index in [2.05, 4.69) is 12.2 Å². The van der Waals surface area contributed by atoms with Crippen LogP contribution in [0.5, 0.6) is 0 Å². The minimum absolute atomic E-state index is 0.162. The molecule has 0 aliphatic heterocycles. The maximum Gasteiger partial charge on any atom is 0.215 e. The van der Waals surface area contributed by atoms with Crippen LogP contribution < -0.4 is 5.32 Å². The lowest BCUT2D eigenvalue weighted by molar-refractivity contribution is 0.468. The van der Waals surface area contributed by atoms with E-state index in [0.29, 0.717) is 13.1 Å². The molecule has 0 spiro atoms. The molecule has 0 aromatic carbocycles. The van der Waals surface area contributed by atoms with Crippen molar-refractivity contribution in [3.8, 4) is 0 Å². The van der Waals surface area contributed by atoms with Crippen LogP contribution in [0.2, 0.25) is 0 Å². The van der Waals surface area contributed by atoms with Gasteiger partial charge >= 0.3 is 0 Å². The van der Waals surface area contributed by atoms with E-state index in [9.17, 15) is 8.42 Å². The maximum absolute atomic E-state index is 11.9. The quantitative estimate of drug-likeness (QED) is 0.732. The standard InChI is InChI=1S/C11H20N2O2S2/c1-3-6-12-7-9-17(14,15)13(2)10-11-5-4-8-16-11/h4-5,8,12H,3,6-7,9-10H2,1-2H3. The van der Waals surface area contributed by atoms with Crippen LogP contribution in [-0.2, 0) is 16.6 Å². The monoisotopic (exact) mass is 276 g/mol. The average molecular weight is 276 g/mol. The van der Waals surface area contributed by atoms with Crippen LogP contribution in [0.4, 0.5) is 0 Å². The molecule has 1 N–H and O–H groups in total. The van der Waals surface area contributed by atoms with Crippen molar-refractivity contribution in [2.45, 2.75) is 19.9 Å². The first kappa shape index (κ1) is 14.6. The van der Waals surface area contributed by atoms with Gasteiger partial charge in [-0.25, -0.2) is 8.42 Å². The van der Waals surface area contributed by atoms with Crippen molar-refractivity contribution in [1.82, 2.24) is 9.62 Å². The molecule has 6 heteroatoms. The first-order valence-electron chi connectivity index (χ1n) is 5.73. The molecule has 0 saturated carbocycles. The van der Waals surface area contributed by atoms with E-state index in [1.54, 1.807) is 18.4 Å². The minimum Gasteiger partial charge on any atom is -0.316 e. The van der Waals surface area contributed by atoms with E-state index < -0.39 is 10.0 Å². The number of rotatable bonds is 8. The van der Waals surface area contributed by atoms with Gasteiger partial charge in [0, 0.05) is 25.0 Å². The van der Waals surface area contributed by atoms with Crippen LogP contribution in [-0.4, -0.2) is 38.6 Å². The summed E-state index contributed by atoms with van der Waals surface area (Å²) in [5, 5.41) is 5.06. The fourth-order valence-corrected chi connectivity index (χ4v) is 3.27. The summed E-state index contributed by atoms with van der Waals surface area (Å²) in [6.45, 7) is 3.91. The summed E-state index contributed by atoms with van der Waals surface area (Å²) in [5.41, 5.74) is 0. The zero-order valence-corrected chi connectivity index (χ0v) is 12.0. The Morgan fingerprint density at radius 1 is 1.41 bits per heavy atom. The molecule has 0 bridgehead atoms. The molecule has 0 unspecified atom stereocenters. The van der Waals surface area contributed by atoms with Gasteiger partial charge in [-0.05, 0) is 24.4 Å². The Labute approximate surface area is 108 Å². The molecule has 0 radical (unpaired) electrons. The number of nitrogens with zero attached hydrogens (tertiary/aromatic N) is 1. The van der Waals surface area contributed by atoms with E-state index in [-0.39, 0.29) is 5.75 Å². The largest absolute Gasteiger partial charge is 0.316 e. The van der Waals surface area contributed by atoms with Crippen LogP contribution in [0.15, 0.2) is 17.5 Å². The number of thiophene rings is 1. The lowest BCUT2D eigenvalue weighted by Crippen LogP contribution is -2.33. The SMILES string of the molecule is CCCNCCS(=O)(=O)N(C)Cc1cccs1. The van der Waals surface area contributed by atoms with Crippen molar-refractivity contribution in [2.24, 2.45) is 0 Å². The van der Waals surface area contributed by atoms with Gasteiger partial charge in [0.15, 0.2) is 0 Å². The molecule has 17 heavy (non-hydrogen) atoms. The van der Waals surface area contributed by atoms with E-state index in [0.717, 1.165) is 17.8 Å². The highest BCUT2D eigenvalue weighted by atomic mass is 32.2. The van der Waals surface area contributed by atoms with Gasteiger partial charge in [0.05, 0.1) is 5.75 Å². The van der Waals surface area contributed by atoms with E-state index in [1.807, 2.05) is 17.5 Å². The summed E-state index contributed by atoms with van der Waals surface area (Å²) in [6, 6.07) is 3.88. The molecule has 1 aromatic rings. The van der Waals surface area contributed by atoms with Gasteiger partial charge in [0.25, 0.3) is 0 Å². The summed E-state index contributed by atoms with van der Waals surface area (Å²) >= 11 is 1.58. The van der Waals surface area contributed by atoms with Gasteiger partial charge < -0.3 is 5.32 Å². The average Bonchev–Trinajstić information content (AvgIpc) is 2.77. The van der Waals surface area contributed by atoms with Crippen molar-refractivity contribution in [1.29, 1.82) is 0 Å². The van der Waals surface area contributed by atoms with E-state index in [4.69, 9.17) is 0 Å². The Morgan fingerprint density at radius 3 is 2.76 bits per heavy atom. The van der Waals surface area contributed by atoms with Crippen LogP contribution in [0.25, 0.3) is 0 Å². The molecule has 1 aromatic heterocycles. The lowest BCUT2D eigenvalue weighted by atomic mass is 10.5. The van der Waals surface area contributed by atoms with Gasteiger partial charge in [-0.15, -0.1) is 11.3 Å². The highest BCUT2D eigenvalue weighted by Gasteiger charge is 2.17. The third-order valence-electron chi connectivity index (χ3n) is 2.40. The molecule has 0 amide bonds. The first-order valence-corrected chi connectivity index (χ1v) is 8.22. The van der Waals surface area contributed by atoms with E-state index >= 15 is 0 Å². The fourth-order valence-electron chi connectivity index (χ4n) is 1.38. The summed E-state index contributed by atoms with van der Waals surface area (Å²) < 4.78 is 25.2. The number of nitrogens with one attached hydrogen (secondary N) is 1. The lowest BCUT2D eigenvalue weighted by Gasteiger charge is -2.16. The summed E-state index contributed by atoms with van der Waals surface area (Å²) in [6.07, 6.45) is 1.02. The highest BCUT2D eigenvalue weighted by Crippen LogP contribution is 2.12. The molecular formula is C11H20N2O2S2. The third kappa shape index (κ3) is 5.16. The highest BCUT2D eigenvalue weighted by molar-refractivity contribution is 7.89. The molecular weight excluding hydrogens is 256 g/mol. The Hall–Kier alpha value is -0.430. The number of hydrogen-bond acceptors (Lipinski definition) is 4. The fraction of sp³-hybridized carbons (Fsp3) is 0.636. The van der Waals surface area contributed by atoms with Crippen molar-refractivity contribution in [3.05, 3.63) is 22.4 Å². The molecule has 0 aliphatic rings. The molecule has 4 nitrogen and oxygen atoms in total. The van der Waals surface area contributed by atoms with Crippen molar-refractivity contribution < 1.29 is 8.42 Å². The summed E-state index contributed by atoms with van der Waals surface area (Å²) in [5.74, 6) is 0.162. The van der Waals surface area contributed by atoms with E-state index in [1.165, 1.54) is 4.31 Å². The van der Waals surface area contributed by atoms with Crippen molar-refractivity contribution >= 4 is 21.4 Å². The predicted molar refractivity (Wildman–Crippen MR) is 72.7 cm³/mol. The second kappa shape index (κ2) is 7.10. The van der Waals surface area contributed by atoms with Crippen molar-refractivity contribution in [3.63, 3.8) is 0 Å². The number of sulfonamides is 1. The third-order valence-corrected chi connectivity index (χ3v) is 5.06. The molecule has 98 valence electrons.